The molecule has 0 heterocycles. The summed E-state index contributed by atoms with van der Waals surface area (Å²) < 4.78 is 0. The van der Waals surface area contributed by atoms with Crippen LogP contribution in [0.5, 0.6) is 0 Å². The number of nitrogens with zero attached hydrogens (tertiary/aromatic N) is 1. The molecule has 3 aromatic rings. The van der Waals surface area contributed by atoms with Crippen molar-refractivity contribution in [3.8, 4) is 0 Å². The summed E-state index contributed by atoms with van der Waals surface area (Å²) in [6.45, 7) is 0.471. The topological polar surface area (TPSA) is 61.4 Å². The lowest BCUT2D eigenvalue weighted by Crippen LogP contribution is -2.35. The van der Waals surface area contributed by atoms with Gasteiger partial charge in [-0.1, -0.05) is 54.6 Å². The van der Waals surface area contributed by atoms with Gasteiger partial charge in [0.15, 0.2) is 0 Å². The van der Waals surface area contributed by atoms with Crippen molar-refractivity contribution in [3.63, 3.8) is 0 Å². The number of fused-ring (bicyclic) bond motifs is 1. The Bertz CT molecular complexity index is 1060. The zero-order valence-electron chi connectivity index (χ0n) is 17.4. The second-order valence-corrected chi connectivity index (χ2v) is 8.11. The molecule has 1 fully saturated rings. The SMILES string of the molecule is CN(C)C(CNC(=O)c1cc2ccccc2cc1NC(=O)C1CC1)c1ccccc1. The van der Waals surface area contributed by atoms with E-state index in [0.717, 1.165) is 29.2 Å². The minimum Gasteiger partial charge on any atom is -0.350 e. The predicted octanol–water partition coefficient (Wildman–Crippen LogP) is 4.22. The van der Waals surface area contributed by atoms with Crippen molar-refractivity contribution < 1.29 is 9.59 Å². The molecule has 0 saturated heterocycles. The highest BCUT2D eigenvalue weighted by Crippen LogP contribution is 2.32. The molecule has 1 aliphatic carbocycles. The fourth-order valence-electron chi connectivity index (χ4n) is 3.67. The highest BCUT2D eigenvalue weighted by molar-refractivity contribution is 6.08. The Hall–Kier alpha value is -3.18. The normalized spacial score (nSPS) is 14.5. The molecule has 2 amide bonds. The lowest BCUT2D eigenvalue weighted by Gasteiger charge is -2.25. The summed E-state index contributed by atoms with van der Waals surface area (Å²) in [4.78, 5) is 27.6. The van der Waals surface area contributed by atoms with Crippen molar-refractivity contribution in [1.82, 2.24) is 10.2 Å². The maximum absolute atomic E-state index is 13.2. The number of rotatable bonds is 7. The van der Waals surface area contributed by atoms with Crippen molar-refractivity contribution in [2.24, 2.45) is 5.92 Å². The Morgan fingerprint density at radius 3 is 2.23 bits per heavy atom. The molecule has 1 aliphatic rings. The maximum atomic E-state index is 13.2. The Labute approximate surface area is 177 Å². The molecule has 5 nitrogen and oxygen atoms in total. The highest BCUT2D eigenvalue weighted by Gasteiger charge is 2.30. The second-order valence-electron chi connectivity index (χ2n) is 8.11. The minimum absolute atomic E-state index is 0.00483. The smallest absolute Gasteiger partial charge is 0.253 e. The van der Waals surface area contributed by atoms with Crippen LogP contribution < -0.4 is 10.6 Å². The number of nitrogens with one attached hydrogen (secondary N) is 2. The van der Waals surface area contributed by atoms with Crippen LogP contribution in [0.4, 0.5) is 5.69 Å². The Morgan fingerprint density at radius 1 is 0.967 bits per heavy atom. The monoisotopic (exact) mass is 401 g/mol. The highest BCUT2D eigenvalue weighted by atomic mass is 16.2. The zero-order valence-corrected chi connectivity index (χ0v) is 17.4. The molecule has 0 bridgehead atoms. The Balaban J connectivity index is 1.58. The van der Waals surface area contributed by atoms with E-state index in [-0.39, 0.29) is 23.8 Å². The number of carbonyl (C=O) groups is 2. The average Bonchev–Trinajstić information content (AvgIpc) is 3.59. The molecule has 1 atom stereocenters. The molecule has 1 unspecified atom stereocenters. The summed E-state index contributed by atoms with van der Waals surface area (Å²) in [6, 6.07) is 21.8. The van der Waals surface area contributed by atoms with Gasteiger partial charge in [-0.2, -0.15) is 0 Å². The summed E-state index contributed by atoms with van der Waals surface area (Å²) in [5, 5.41) is 8.02. The van der Waals surface area contributed by atoms with Gasteiger partial charge in [-0.3, -0.25) is 9.59 Å². The summed E-state index contributed by atoms with van der Waals surface area (Å²) in [5.41, 5.74) is 2.21. The first-order valence-corrected chi connectivity index (χ1v) is 10.4. The van der Waals surface area contributed by atoms with E-state index in [9.17, 15) is 9.59 Å². The second kappa shape index (κ2) is 8.67. The molecular weight excluding hydrogens is 374 g/mol. The number of carbonyl (C=O) groups excluding carboxylic acids is 2. The van der Waals surface area contributed by atoms with Gasteiger partial charge in [-0.05, 0) is 55.4 Å². The number of amides is 2. The van der Waals surface area contributed by atoms with Gasteiger partial charge in [0.2, 0.25) is 5.91 Å². The Morgan fingerprint density at radius 2 is 1.60 bits per heavy atom. The number of anilines is 1. The van der Waals surface area contributed by atoms with E-state index in [2.05, 4.69) is 27.7 Å². The molecule has 0 radical (unpaired) electrons. The standard InChI is InChI=1S/C25H27N3O2/c1-28(2)23(17-8-4-3-5-9-17)16-26-25(30)21-14-19-10-6-7-11-20(19)15-22(21)27-24(29)18-12-13-18/h3-11,14-15,18,23H,12-13,16H2,1-2H3,(H,26,30)(H,27,29). The van der Waals surface area contributed by atoms with Crippen LogP contribution in [0.1, 0.15) is 34.8 Å². The quantitative estimate of drug-likeness (QED) is 0.623. The number of benzene rings is 3. The number of likely N-dealkylation sites (N-methyl/N-ethyl adjacent to an activating group) is 1. The van der Waals surface area contributed by atoms with Crippen molar-refractivity contribution in [3.05, 3.63) is 77.9 Å². The minimum atomic E-state index is -0.186. The third-order valence-electron chi connectivity index (χ3n) is 5.60. The maximum Gasteiger partial charge on any atom is 0.253 e. The number of hydrogen-bond acceptors (Lipinski definition) is 3. The van der Waals surface area contributed by atoms with Crippen molar-refractivity contribution >= 4 is 28.3 Å². The predicted molar refractivity (Wildman–Crippen MR) is 121 cm³/mol. The van der Waals surface area contributed by atoms with E-state index in [4.69, 9.17) is 0 Å². The van der Waals surface area contributed by atoms with Gasteiger partial charge in [0, 0.05) is 12.5 Å². The zero-order chi connectivity index (χ0) is 21.1. The molecular formula is C25H27N3O2. The van der Waals surface area contributed by atoms with Gasteiger partial charge in [0.1, 0.15) is 0 Å². The molecule has 2 N–H and O–H groups in total. The van der Waals surface area contributed by atoms with E-state index >= 15 is 0 Å². The molecule has 1 saturated carbocycles. The first-order chi connectivity index (χ1) is 14.5. The Kier molecular flexibility index (Phi) is 5.81. The van der Waals surface area contributed by atoms with E-state index in [1.54, 1.807) is 0 Å². The van der Waals surface area contributed by atoms with Gasteiger partial charge >= 0.3 is 0 Å². The lowest BCUT2D eigenvalue weighted by atomic mass is 10.0. The summed E-state index contributed by atoms with van der Waals surface area (Å²) in [5.74, 6) is -0.118. The van der Waals surface area contributed by atoms with Crippen molar-refractivity contribution in [2.45, 2.75) is 18.9 Å². The summed E-state index contributed by atoms with van der Waals surface area (Å²) in [7, 11) is 4.00. The van der Waals surface area contributed by atoms with E-state index in [1.807, 2.05) is 68.7 Å². The molecule has 0 spiro atoms. The molecule has 5 heteroatoms. The van der Waals surface area contributed by atoms with Gasteiger partial charge in [-0.15, -0.1) is 0 Å². The fraction of sp³-hybridized carbons (Fsp3) is 0.280. The number of hydrogen-bond donors (Lipinski definition) is 2. The molecule has 3 aromatic carbocycles. The van der Waals surface area contributed by atoms with E-state index in [1.165, 1.54) is 0 Å². The van der Waals surface area contributed by atoms with Gasteiger partial charge in [-0.25, -0.2) is 0 Å². The molecule has 0 aromatic heterocycles. The largest absolute Gasteiger partial charge is 0.350 e. The van der Waals surface area contributed by atoms with Crippen LogP contribution in [-0.4, -0.2) is 37.4 Å². The molecule has 0 aliphatic heterocycles. The first-order valence-electron chi connectivity index (χ1n) is 10.4. The fourth-order valence-corrected chi connectivity index (χ4v) is 3.67. The van der Waals surface area contributed by atoms with Crippen molar-refractivity contribution in [1.29, 1.82) is 0 Å². The molecule has 30 heavy (non-hydrogen) atoms. The van der Waals surface area contributed by atoms with E-state index < -0.39 is 0 Å². The van der Waals surface area contributed by atoms with Crippen LogP contribution in [0, 0.1) is 5.92 Å². The van der Waals surface area contributed by atoms with Gasteiger partial charge in [0.05, 0.1) is 17.3 Å². The van der Waals surface area contributed by atoms with Crippen LogP contribution in [0.2, 0.25) is 0 Å². The summed E-state index contributed by atoms with van der Waals surface area (Å²) >= 11 is 0. The van der Waals surface area contributed by atoms with Crippen LogP contribution in [0.15, 0.2) is 66.7 Å². The first kappa shape index (κ1) is 20.1. The van der Waals surface area contributed by atoms with Crippen LogP contribution in [0.3, 0.4) is 0 Å². The molecule has 154 valence electrons. The molecule has 4 rings (SSSR count). The lowest BCUT2D eigenvalue weighted by molar-refractivity contribution is -0.117. The van der Waals surface area contributed by atoms with E-state index in [0.29, 0.717) is 17.8 Å². The summed E-state index contributed by atoms with van der Waals surface area (Å²) in [6.07, 6.45) is 1.84. The third kappa shape index (κ3) is 4.52. The average molecular weight is 402 g/mol. The van der Waals surface area contributed by atoms with Gasteiger partial charge in [0.25, 0.3) is 5.91 Å². The van der Waals surface area contributed by atoms with Crippen LogP contribution in [0.25, 0.3) is 10.8 Å². The van der Waals surface area contributed by atoms with Crippen molar-refractivity contribution in [2.75, 3.05) is 26.0 Å². The van der Waals surface area contributed by atoms with Crippen LogP contribution >= 0.6 is 0 Å². The third-order valence-corrected chi connectivity index (χ3v) is 5.60. The van der Waals surface area contributed by atoms with Crippen LogP contribution in [-0.2, 0) is 4.79 Å². The van der Waals surface area contributed by atoms with Gasteiger partial charge < -0.3 is 15.5 Å².